The van der Waals surface area contributed by atoms with E-state index in [1.54, 1.807) is 0 Å². The molecule has 27 heavy (non-hydrogen) atoms. The third-order valence-electron chi connectivity index (χ3n) is 4.83. The van der Waals surface area contributed by atoms with Crippen molar-refractivity contribution in [3.63, 3.8) is 0 Å². The second-order valence-corrected chi connectivity index (χ2v) is 6.64. The third-order valence-corrected chi connectivity index (χ3v) is 4.83. The summed E-state index contributed by atoms with van der Waals surface area (Å²) in [5, 5.41) is 2.70. The highest BCUT2D eigenvalue weighted by molar-refractivity contribution is 6.07. The number of anilines is 1. The van der Waals surface area contributed by atoms with Gasteiger partial charge in [-0.25, -0.2) is 4.79 Å². The zero-order valence-electron chi connectivity index (χ0n) is 14.4. The van der Waals surface area contributed by atoms with Gasteiger partial charge in [0.1, 0.15) is 5.54 Å². The normalized spacial score (nSPS) is 18.7. The summed E-state index contributed by atoms with van der Waals surface area (Å²) in [4.78, 5) is 37.4. The molecule has 10 heteroatoms. The van der Waals surface area contributed by atoms with Crippen LogP contribution < -0.4 is 16.2 Å². The van der Waals surface area contributed by atoms with E-state index >= 15 is 0 Å². The molecule has 0 aromatic heterocycles. The van der Waals surface area contributed by atoms with Gasteiger partial charge in [0.25, 0.3) is 5.91 Å². The summed E-state index contributed by atoms with van der Waals surface area (Å²) >= 11 is 0. The number of carbonyl (C=O) groups excluding carboxylic acids is 3. The number of urea groups is 1. The van der Waals surface area contributed by atoms with Gasteiger partial charge >= 0.3 is 12.2 Å². The number of amides is 4. The van der Waals surface area contributed by atoms with E-state index in [0.717, 1.165) is 23.8 Å². The van der Waals surface area contributed by atoms with Gasteiger partial charge in [0.05, 0.1) is 11.3 Å². The molecule has 0 radical (unpaired) electrons. The molecule has 0 unspecified atom stereocenters. The Balaban J connectivity index is 1.54. The molecule has 1 saturated carbocycles. The highest BCUT2D eigenvalue weighted by Gasteiger charge is 2.52. The van der Waals surface area contributed by atoms with Crippen molar-refractivity contribution in [2.45, 2.75) is 43.8 Å². The van der Waals surface area contributed by atoms with E-state index in [1.807, 2.05) is 0 Å². The molecule has 2 fully saturated rings. The first-order chi connectivity index (χ1) is 12.7. The first-order valence-corrected chi connectivity index (χ1v) is 8.58. The Morgan fingerprint density at radius 2 is 1.85 bits per heavy atom. The van der Waals surface area contributed by atoms with Crippen molar-refractivity contribution in [3.05, 3.63) is 29.8 Å². The summed E-state index contributed by atoms with van der Waals surface area (Å²) in [6.07, 6.45) is -1.93. The number of alkyl halides is 3. The molecule has 1 spiro atoms. The maximum atomic E-state index is 12.9. The zero-order chi connectivity index (χ0) is 19.7. The van der Waals surface area contributed by atoms with Crippen LogP contribution in [-0.4, -0.2) is 34.8 Å². The first kappa shape index (κ1) is 19.0. The van der Waals surface area contributed by atoms with Gasteiger partial charge in [-0.3, -0.25) is 25.3 Å². The Hall–Kier alpha value is -2.78. The number of hydrogen-bond acceptors (Lipinski definition) is 4. The van der Waals surface area contributed by atoms with Crippen molar-refractivity contribution in [1.82, 2.24) is 15.6 Å². The zero-order valence-corrected chi connectivity index (χ0v) is 14.4. The molecule has 2 aliphatic rings. The lowest BCUT2D eigenvalue weighted by Gasteiger charge is -2.20. The van der Waals surface area contributed by atoms with Gasteiger partial charge in [0.2, 0.25) is 5.91 Å². The van der Waals surface area contributed by atoms with Gasteiger partial charge < -0.3 is 5.32 Å². The minimum absolute atomic E-state index is 0.138. The minimum Gasteiger partial charge on any atom is -0.323 e. The van der Waals surface area contributed by atoms with E-state index < -0.39 is 29.2 Å². The van der Waals surface area contributed by atoms with E-state index in [1.165, 1.54) is 18.2 Å². The monoisotopic (exact) mass is 384 g/mol. The minimum atomic E-state index is -4.57. The summed E-state index contributed by atoms with van der Waals surface area (Å²) in [5.41, 5.74) is 2.35. The van der Waals surface area contributed by atoms with Crippen LogP contribution in [0.3, 0.4) is 0 Å². The highest BCUT2D eigenvalue weighted by atomic mass is 19.4. The molecule has 1 aliphatic carbocycles. The number of rotatable bonds is 5. The van der Waals surface area contributed by atoms with E-state index in [9.17, 15) is 27.6 Å². The fourth-order valence-corrected chi connectivity index (χ4v) is 3.45. The van der Waals surface area contributed by atoms with Gasteiger partial charge in [-0.1, -0.05) is 25.0 Å². The van der Waals surface area contributed by atoms with Crippen LogP contribution in [0.2, 0.25) is 0 Å². The molecular weight excluding hydrogens is 365 g/mol. The first-order valence-electron chi connectivity index (χ1n) is 8.58. The average molecular weight is 384 g/mol. The smallest absolute Gasteiger partial charge is 0.323 e. The largest absolute Gasteiger partial charge is 0.418 e. The maximum Gasteiger partial charge on any atom is 0.418 e. The number of imide groups is 1. The van der Waals surface area contributed by atoms with E-state index in [2.05, 4.69) is 16.2 Å². The lowest BCUT2D eigenvalue weighted by Crippen LogP contribution is -2.44. The number of halogens is 3. The number of nitrogens with zero attached hydrogens (tertiary/aromatic N) is 1. The summed E-state index contributed by atoms with van der Waals surface area (Å²) in [5.74, 6) is -0.979. The molecule has 7 nitrogen and oxygen atoms in total. The van der Waals surface area contributed by atoms with Crippen molar-refractivity contribution in [3.8, 4) is 0 Å². The Morgan fingerprint density at radius 3 is 2.52 bits per heavy atom. The van der Waals surface area contributed by atoms with Crippen LogP contribution in [-0.2, 0) is 15.8 Å². The van der Waals surface area contributed by atoms with Crippen LogP contribution in [0.4, 0.5) is 23.7 Å². The predicted molar refractivity (Wildman–Crippen MR) is 89.3 cm³/mol. The molecule has 0 atom stereocenters. The topological polar surface area (TPSA) is 90.5 Å². The molecular formula is C17H19F3N4O3. The van der Waals surface area contributed by atoms with E-state index in [4.69, 9.17) is 0 Å². The third kappa shape index (κ3) is 3.83. The van der Waals surface area contributed by atoms with Crippen LogP contribution in [0.15, 0.2) is 24.3 Å². The molecule has 3 rings (SSSR count). The molecule has 1 aliphatic heterocycles. The van der Waals surface area contributed by atoms with Crippen molar-refractivity contribution in [1.29, 1.82) is 0 Å². The fraction of sp³-hybridized carbons (Fsp3) is 0.471. The van der Waals surface area contributed by atoms with Gasteiger partial charge in [0, 0.05) is 13.0 Å². The molecule has 3 N–H and O–H groups in total. The number of hydrogen-bond donors (Lipinski definition) is 3. The Bertz CT molecular complexity index is 760. The highest BCUT2D eigenvalue weighted by Crippen LogP contribution is 2.35. The van der Waals surface area contributed by atoms with Gasteiger partial charge in [-0.05, 0) is 25.0 Å². The van der Waals surface area contributed by atoms with Gasteiger partial charge in [-0.2, -0.15) is 13.2 Å². The molecule has 4 amide bonds. The van der Waals surface area contributed by atoms with Crippen molar-refractivity contribution in [2.24, 2.45) is 0 Å². The lowest BCUT2D eigenvalue weighted by molar-refractivity contribution is -0.137. The Morgan fingerprint density at radius 1 is 1.19 bits per heavy atom. The van der Waals surface area contributed by atoms with Crippen LogP contribution in [0.5, 0.6) is 0 Å². The van der Waals surface area contributed by atoms with Crippen molar-refractivity contribution < 1.29 is 27.6 Å². The lowest BCUT2D eigenvalue weighted by atomic mass is 9.98. The summed E-state index contributed by atoms with van der Waals surface area (Å²) in [7, 11) is 0. The molecule has 1 heterocycles. The molecule has 1 aromatic carbocycles. The van der Waals surface area contributed by atoms with Gasteiger partial charge in [0.15, 0.2) is 0 Å². The number of benzene rings is 1. The standard InChI is InChI=1S/C17H19F3N4O3/c18-17(19,20)11-5-1-2-6-12(11)22-23-13(25)7-10-24-14(26)16(21-15(24)27)8-3-4-9-16/h1-2,5-6,22H,3-4,7-10H2,(H,21,27)(H,23,25). The van der Waals surface area contributed by atoms with E-state index in [0.29, 0.717) is 12.8 Å². The quantitative estimate of drug-likeness (QED) is 0.537. The summed E-state index contributed by atoms with van der Waals surface area (Å²) in [6, 6.07) is 4.18. The predicted octanol–water partition coefficient (Wildman–Crippen LogP) is 2.40. The molecule has 1 saturated heterocycles. The van der Waals surface area contributed by atoms with Gasteiger partial charge in [-0.15, -0.1) is 0 Å². The average Bonchev–Trinajstić information content (AvgIpc) is 3.17. The summed E-state index contributed by atoms with van der Waals surface area (Å²) in [6.45, 7) is -0.138. The van der Waals surface area contributed by atoms with Crippen molar-refractivity contribution in [2.75, 3.05) is 12.0 Å². The Labute approximate surface area is 153 Å². The Kier molecular flexibility index (Phi) is 4.99. The number of nitrogens with one attached hydrogen (secondary N) is 3. The SMILES string of the molecule is O=C(CCN1C(=O)NC2(CCCC2)C1=O)NNc1ccccc1C(F)(F)F. The number of carbonyl (C=O) groups is 3. The fourth-order valence-electron chi connectivity index (χ4n) is 3.45. The van der Waals surface area contributed by atoms with Crippen molar-refractivity contribution >= 4 is 23.5 Å². The number of para-hydroxylation sites is 1. The molecule has 1 aromatic rings. The second-order valence-electron chi connectivity index (χ2n) is 6.64. The van der Waals surface area contributed by atoms with Crippen LogP contribution in [0.1, 0.15) is 37.7 Å². The molecule has 146 valence electrons. The molecule has 0 bridgehead atoms. The number of hydrazine groups is 1. The second kappa shape index (κ2) is 7.09. The van der Waals surface area contributed by atoms with E-state index in [-0.39, 0.29) is 24.6 Å². The van der Waals surface area contributed by atoms with Crippen LogP contribution in [0.25, 0.3) is 0 Å². The van der Waals surface area contributed by atoms with Crippen LogP contribution >= 0.6 is 0 Å². The summed E-state index contributed by atoms with van der Waals surface area (Å²) < 4.78 is 38.7. The maximum absolute atomic E-state index is 12.9. The van der Waals surface area contributed by atoms with Crippen LogP contribution in [0, 0.1) is 0 Å².